The van der Waals surface area contributed by atoms with E-state index < -0.39 is 0 Å². The molecule has 2 aliphatic heterocycles. The van der Waals surface area contributed by atoms with Crippen LogP contribution in [0.3, 0.4) is 0 Å². The fraction of sp³-hybridized carbons (Fsp3) is 0.323. The highest BCUT2D eigenvalue weighted by Crippen LogP contribution is 2.34. The molecule has 1 aromatic rings. The van der Waals surface area contributed by atoms with E-state index in [1.165, 1.54) is 5.57 Å². The van der Waals surface area contributed by atoms with Crippen molar-refractivity contribution in [2.75, 3.05) is 26.3 Å². The lowest BCUT2D eigenvalue weighted by molar-refractivity contribution is 0.137. The van der Waals surface area contributed by atoms with Crippen LogP contribution in [0.2, 0.25) is 0 Å². The fourth-order valence-electron chi connectivity index (χ4n) is 3.79. The van der Waals surface area contributed by atoms with Crippen LogP contribution in [0.4, 0.5) is 5.69 Å². The summed E-state index contributed by atoms with van der Waals surface area (Å²) in [5.74, 6) is 1.33. The zero-order chi connectivity index (χ0) is 26.6. The average Bonchev–Trinajstić information content (AvgIpc) is 3.32. The second kappa shape index (κ2) is 14.6. The molecule has 3 rings (SSSR count). The van der Waals surface area contributed by atoms with E-state index in [0.29, 0.717) is 44.1 Å². The molecule has 2 aliphatic rings. The van der Waals surface area contributed by atoms with Crippen LogP contribution in [-0.2, 0) is 4.74 Å². The van der Waals surface area contributed by atoms with Gasteiger partial charge in [-0.25, -0.2) is 4.99 Å². The first-order valence-electron chi connectivity index (χ1n) is 12.6. The summed E-state index contributed by atoms with van der Waals surface area (Å²) < 4.78 is 12.8. The van der Waals surface area contributed by atoms with E-state index >= 15 is 0 Å². The SMILES string of the molecule is C=CCC(/C=C1\C=CC(Br)=NC1)=N\c1cc(C2=NC/C(=C/C)C=C2)oc1C(=C)CC(=C)CCOCCC. The zero-order valence-corrected chi connectivity index (χ0v) is 23.5. The van der Waals surface area contributed by atoms with E-state index in [4.69, 9.17) is 19.1 Å². The van der Waals surface area contributed by atoms with Crippen LogP contribution in [0.1, 0.15) is 51.1 Å². The number of hydrogen-bond acceptors (Lipinski definition) is 5. The molecule has 6 heteroatoms. The number of nitrogens with zero attached hydrogens (tertiary/aromatic N) is 3. The topological polar surface area (TPSA) is 59.5 Å². The molecule has 194 valence electrons. The summed E-state index contributed by atoms with van der Waals surface area (Å²) in [7, 11) is 0. The smallest absolute Gasteiger partial charge is 0.156 e. The standard InChI is InChI=1S/C31H36BrN3O2/c1-6-9-26(18-25-11-13-30(32)34-21-25)35-28-19-29(27-12-10-24(8-3)20-33-27)37-31(28)23(5)17-22(4)14-16-36-15-7-2/h6,8,10-13,18-19H,1,4-5,7,9,14-17,20-21H2,2-3H3/b24-8+,25-18+,35-26+. The molecule has 0 fully saturated rings. The van der Waals surface area contributed by atoms with Gasteiger partial charge in [0.1, 0.15) is 16.0 Å². The quantitative estimate of drug-likeness (QED) is 0.138. The lowest BCUT2D eigenvalue weighted by Gasteiger charge is -2.09. The summed E-state index contributed by atoms with van der Waals surface area (Å²) in [6.45, 7) is 19.2. The first-order chi connectivity index (χ1) is 17.9. The van der Waals surface area contributed by atoms with E-state index in [1.807, 2.05) is 37.3 Å². The van der Waals surface area contributed by atoms with Crippen molar-refractivity contribution in [2.24, 2.45) is 15.0 Å². The largest absolute Gasteiger partial charge is 0.452 e. The van der Waals surface area contributed by atoms with Crippen molar-refractivity contribution >= 4 is 43.2 Å². The number of dihydropyridines is 2. The molecule has 1 aromatic heterocycles. The Bertz CT molecular complexity index is 1230. The number of hydrogen-bond donors (Lipinski definition) is 0. The molecule has 0 saturated carbocycles. The van der Waals surface area contributed by atoms with Crippen molar-refractivity contribution in [1.29, 1.82) is 0 Å². The lowest BCUT2D eigenvalue weighted by Crippen LogP contribution is -2.02. The van der Waals surface area contributed by atoms with Crippen LogP contribution >= 0.6 is 15.9 Å². The normalized spacial score (nSPS) is 17.8. The molecular formula is C31H36BrN3O2. The summed E-state index contributed by atoms with van der Waals surface area (Å²) in [6, 6.07) is 1.95. The molecule has 0 bridgehead atoms. The maximum atomic E-state index is 6.34. The molecule has 0 N–H and O–H groups in total. The Hall–Kier alpha value is -3.09. The van der Waals surface area contributed by atoms with Crippen molar-refractivity contribution in [3.05, 3.63) is 96.6 Å². The Kier molecular flexibility index (Phi) is 11.2. The van der Waals surface area contributed by atoms with Gasteiger partial charge in [-0.15, -0.1) is 6.58 Å². The Labute approximate surface area is 229 Å². The second-order valence-corrected chi connectivity index (χ2v) is 9.72. The van der Waals surface area contributed by atoms with Gasteiger partial charge in [0.15, 0.2) is 11.5 Å². The van der Waals surface area contributed by atoms with Crippen LogP contribution in [0.25, 0.3) is 5.57 Å². The molecule has 0 unspecified atom stereocenters. The molecular weight excluding hydrogens is 526 g/mol. The number of aliphatic imine (C=N–C) groups is 3. The Balaban J connectivity index is 1.92. The van der Waals surface area contributed by atoms with Crippen molar-refractivity contribution in [2.45, 2.75) is 39.5 Å². The van der Waals surface area contributed by atoms with E-state index in [2.05, 4.69) is 65.8 Å². The van der Waals surface area contributed by atoms with Gasteiger partial charge in [-0.3, -0.25) is 9.98 Å². The number of allylic oxidation sites excluding steroid dienone is 6. The molecule has 0 saturated heterocycles. The third kappa shape index (κ3) is 8.76. The predicted octanol–water partition coefficient (Wildman–Crippen LogP) is 8.30. The lowest BCUT2D eigenvalue weighted by atomic mass is 10.0. The predicted molar refractivity (Wildman–Crippen MR) is 162 cm³/mol. The van der Waals surface area contributed by atoms with Gasteiger partial charge in [0.2, 0.25) is 0 Å². The molecule has 3 heterocycles. The van der Waals surface area contributed by atoms with Gasteiger partial charge in [-0.1, -0.05) is 50.0 Å². The summed E-state index contributed by atoms with van der Waals surface area (Å²) in [4.78, 5) is 14.1. The van der Waals surface area contributed by atoms with E-state index in [9.17, 15) is 0 Å². The summed E-state index contributed by atoms with van der Waals surface area (Å²) in [5, 5.41) is 0. The highest BCUT2D eigenvalue weighted by molar-refractivity contribution is 9.18. The summed E-state index contributed by atoms with van der Waals surface area (Å²) in [5.41, 5.74) is 6.52. The summed E-state index contributed by atoms with van der Waals surface area (Å²) >= 11 is 3.42. The minimum atomic E-state index is 0.595. The van der Waals surface area contributed by atoms with E-state index in [-0.39, 0.29) is 0 Å². The monoisotopic (exact) mass is 561 g/mol. The number of halogens is 1. The van der Waals surface area contributed by atoms with Crippen LogP contribution in [0, 0.1) is 0 Å². The molecule has 37 heavy (non-hydrogen) atoms. The average molecular weight is 563 g/mol. The van der Waals surface area contributed by atoms with Crippen LogP contribution in [0.15, 0.2) is 104 Å². The molecule has 0 aromatic carbocycles. The highest BCUT2D eigenvalue weighted by Gasteiger charge is 2.18. The minimum Gasteiger partial charge on any atom is -0.452 e. The Morgan fingerprint density at radius 2 is 1.92 bits per heavy atom. The van der Waals surface area contributed by atoms with E-state index in [1.54, 1.807) is 0 Å². The molecule has 0 amide bonds. The fourth-order valence-corrected chi connectivity index (χ4v) is 4.05. The summed E-state index contributed by atoms with van der Waals surface area (Å²) in [6.07, 6.45) is 17.0. The molecule has 0 spiro atoms. The van der Waals surface area contributed by atoms with E-state index in [0.717, 1.165) is 57.9 Å². The van der Waals surface area contributed by atoms with Crippen LogP contribution in [0.5, 0.6) is 0 Å². The van der Waals surface area contributed by atoms with Gasteiger partial charge >= 0.3 is 0 Å². The Morgan fingerprint density at radius 3 is 2.57 bits per heavy atom. The maximum absolute atomic E-state index is 6.34. The van der Waals surface area contributed by atoms with Crippen molar-refractivity contribution < 1.29 is 9.15 Å². The van der Waals surface area contributed by atoms with Gasteiger partial charge < -0.3 is 9.15 Å². The Morgan fingerprint density at radius 1 is 1.14 bits per heavy atom. The van der Waals surface area contributed by atoms with Gasteiger partial charge in [0.25, 0.3) is 0 Å². The first-order valence-corrected chi connectivity index (χ1v) is 13.4. The second-order valence-electron chi connectivity index (χ2n) is 8.90. The molecule has 0 aliphatic carbocycles. The third-order valence-corrected chi connectivity index (χ3v) is 6.29. The molecule has 0 radical (unpaired) electrons. The van der Waals surface area contributed by atoms with Crippen LogP contribution < -0.4 is 0 Å². The number of ether oxygens (including phenoxy) is 1. The maximum Gasteiger partial charge on any atom is 0.156 e. The minimum absolute atomic E-state index is 0.595. The van der Waals surface area contributed by atoms with Gasteiger partial charge in [-0.05, 0) is 77.1 Å². The van der Waals surface area contributed by atoms with Gasteiger partial charge in [-0.2, -0.15) is 0 Å². The zero-order valence-electron chi connectivity index (χ0n) is 21.9. The van der Waals surface area contributed by atoms with Crippen LogP contribution in [-0.4, -0.2) is 42.3 Å². The van der Waals surface area contributed by atoms with Crippen molar-refractivity contribution in [3.63, 3.8) is 0 Å². The molecule has 0 atom stereocenters. The van der Waals surface area contributed by atoms with Crippen molar-refractivity contribution in [3.8, 4) is 0 Å². The number of rotatable bonds is 13. The van der Waals surface area contributed by atoms with Gasteiger partial charge in [0.05, 0.1) is 19.7 Å². The number of furan rings is 1. The third-order valence-electron chi connectivity index (χ3n) is 5.77. The first kappa shape index (κ1) is 28.5. The highest BCUT2D eigenvalue weighted by atomic mass is 79.9. The molecule has 5 nitrogen and oxygen atoms in total. The van der Waals surface area contributed by atoms with Gasteiger partial charge in [0, 0.05) is 24.8 Å². The van der Waals surface area contributed by atoms with Crippen molar-refractivity contribution in [1.82, 2.24) is 0 Å².